The fourth-order valence-corrected chi connectivity index (χ4v) is 1.39. The van der Waals surface area contributed by atoms with E-state index >= 15 is 0 Å². The first-order chi connectivity index (χ1) is 8.07. The number of cyclic esters (lactones) is 2. The maximum absolute atomic E-state index is 11.6. The summed E-state index contributed by atoms with van der Waals surface area (Å²) in [5, 5.41) is 9.92. The minimum absolute atomic E-state index is 0.237. The highest BCUT2D eigenvalue weighted by Crippen LogP contribution is 2.30. The van der Waals surface area contributed by atoms with Crippen molar-refractivity contribution in [1.29, 1.82) is 0 Å². The molecule has 0 aromatic heterocycles. The number of aliphatic hydroxyl groups is 1. The van der Waals surface area contributed by atoms with E-state index in [0.29, 0.717) is 0 Å². The summed E-state index contributed by atoms with van der Waals surface area (Å²) < 4.78 is 14.1. The summed E-state index contributed by atoms with van der Waals surface area (Å²) in [7, 11) is 0. The molecule has 1 N–H and O–H groups in total. The van der Waals surface area contributed by atoms with Gasteiger partial charge in [-0.3, -0.25) is 4.79 Å². The van der Waals surface area contributed by atoms with Gasteiger partial charge in [0.25, 0.3) is 11.4 Å². The molecule has 1 saturated heterocycles. The highest BCUT2D eigenvalue weighted by atomic mass is 16.8. The summed E-state index contributed by atoms with van der Waals surface area (Å²) >= 11 is 0. The van der Waals surface area contributed by atoms with E-state index in [1.807, 2.05) is 0 Å². The lowest BCUT2D eigenvalue weighted by Gasteiger charge is -2.37. The Kier molecular flexibility index (Phi) is 3.47. The van der Waals surface area contributed by atoms with Crippen molar-refractivity contribution >= 4 is 17.9 Å². The second-order valence-corrected chi connectivity index (χ2v) is 4.35. The Hall–Kier alpha value is -1.89. The number of carbonyl (C=O) groups excluding carboxylic acids is 3. The average molecular weight is 258 g/mol. The molecule has 0 aromatic rings. The molecule has 0 aromatic carbocycles. The normalized spacial score (nSPS) is 20.7. The van der Waals surface area contributed by atoms with Crippen LogP contribution in [0.3, 0.4) is 0 Å². The molecule has 0 aliphatic carbocycles. The Morgan fingerprint density at radius 3 is 2.17 bits per heavy atom. The van der Waals surface area contributed by atoms with Crippen molar-refractivity contribution in [2.45, 2.75) is 38.6 Å². The molecular weight excluding hydrogens is 244 g/mol. The summed E-state index contributed by atoms with van der Waals surface area (Å²) in [6.45, 7) is 7.14. The van der Waals surface area contributed by atoms with Crippen molar-refractivity contribution in [3.8, 4) is 0 Å². The molecule has 1 fully saturated rings. The van der Waals surface area contributed by atoms with Gasteiger partial charge < -0.3 is 19.3 Å². The standard InChI is InChI=1S/C11H14O7/c1-6(16-7(2)12)5-11(15)8(13)17-10(3,4)18-9(11)14/h15H,1,5H2,2-4H3. The van der Waals surface area contributed by atoms with Crippen LogP contribution in [0.15, 0.2) is 12.3 Å². The van der Waals surface area contributed by atoms with E-state index in [4.69, 9.17) is 9.47 Å². The van der Waals surface area contributed by atoms with Crippen LogP contribution in [0.4, 0.5) is 0 Å². The molecule has 7 nitrogen and oxygen atoms in total. The molecule has 1 heterocycles. The molecule has 0 saturated carbocycles. The van der Waals surface area contributed by atoms with Gasteiger partial charge >= 0.3 is 17.9 Å². The third kappa shape index (κ3) is 2.86. The molecular formula is C11H14O7. The van der Waals surface area contributed by atoms with Crippen LogP contribution in [0.25, 0.3) is 0 Å². The Labute approximate surface area is 103 Å². The zero-order valence-corrected chi connectivity index (χ0v) is 10.3. The molecule has 1 aliphatic rings. The lowest BCUT2D eigenvalue weighted by Crippen LogP contribution is -2.58. The average Bonchev–Trinajstić information content (AvgIpc) is 2.11. The molecule has 100 valence electrons. The Balaban J connectivity index is 2.86. The van der Waals surface area contributed by atoms with E-state index < -0.39 is 35.7 Å². The molecule has 0 atom stereocenters. The monoisotopic (exact) mass is 258 g/mol. The van der Waals surface area contributed by atoms with Gasteiger partial charge in [-0.25, -0.2) is 9.59 Å². The van der Waals surface area contributed by atoms with Crippen LogP contribution in [-0.4, -0.2) is 34.4 Å². The van der Waals surface area contributed by atoms with Crippen molar-refractivity contribution in [3.05, 3.63) is 12.3 Å². The van der Waals surface area contributed by atoms with Gasteiger partial charge in [0.05, 0.1) is 6.42 Å². The summed E-state index contributed by atoms with van der Waals surface area (Å²) in [5.74, 6) is -4.70. The highest BCUT2D eigenvalue weighted by molar-refractivity contribution is 6.05. The fourth-order valence-electron chi connectivity index (χ4n) is 1.39. The van der Waals surface area contributed by atoms with Crippen LogP contribution < -0.4 is 0 Å². The van der Waals surface area contributed by atoms with E-state index in [-0.39, 0.29) is 5.76 Å². The van der Waals surface area contributed by atoms with E-state index in [2.05, 4.69) is 11.3 Å². The number of hydrogen-bond donors (Lipinski definition) is 1. The minimum Gasteiger partial charge on any atom is -0.432 e. The quantitative estimate of drug-likeness (QED) is 0.432. The molecule has 7 heteroatoms. The first-order valence-corrected chi connectivity index (χ1v) is 5.12. The molecule has 1 rings (SSSR count). The Morgan fingerprint density at radius 2 is 1.78 bits per heavy atom. The largest absolute Gasteiger partial charge is 0.432 e. The molecule has 1 aliphatic heterocycles. The summed E-state index contributed by atoms with van der Waals surface area (Å²) in [4.78, 5) is 33.9. The Bertz CT molecular complexity index is 401. The van der Waals surface area contributed by atoms with Crippen LogP contribution in [-0.2, 0) is 28.6 Å². The third-order valence-corrected chi connectivity index (χ3v) is 2.09. The van der Waals surface area contributed by atoms with Crippen molar-refractivity contribution in [1.82, 2.24) is 0 Å². The lowest BCUT2D eigenvalue weighted by atomic mass is 9.97. The maximum Gasteiger partial charge on any atom is 0.353 e. The molecule has 0 unspecified atom stereocenters. The first-order valence-electron chi connectivity index (χ1n) is 5.12. The minimum atomic E-state index is -2.54. The van der Waals surface area contributed by atoms with Crippen LogP contribution >= 0.6 is 0 Å². The molecule has 0 radical (unpaired) electrons. The smallest absolute Gasteiger partial charge is 0.353 e. The zero-order chi connectivity index (χ0) is 14.1. The van der Waals surface area contributed by atoms with Crippen molar-refractivity contribution in [2.24, 2.45) is 0 Å². The van der Waals surface area contributed by atoms with Gasteiger partial charge in [-0.15, -0.1) is 0 Å². The highest BCUT2D eigenvalue weighted by Gasteiger charge is 2.56. The number of carbonyl (C=O) groups is 3. The fraction of sp³-hybridized carbons (Fsp3) is 0.545. The second-order valence-electron chi connectivity index (χ2n) is 4.35. The van der Waals surface area contributed by atoms with Crippen molar-refractivity contribution < 1.29 is 33.7 Å². The van der Waals surface area contributed by atoms with Crippen molar-refractivity contribution in [3.63, 3.8) is 0 Å². The van der Waals surface area contributed by atoms with E-state index in [0.717, 1.165) is 6.92 Å². The molecule has 0 amide bonds. The van der Waals surface area contributed by atoms with Gasteiger partial charge in [0.15, 0.2) is 0 Å². The SMILES string of the molecule is C=C(CC1(O)C(=O)OC(C)(C)OC1=O)OC(C)=O. The maximum atomic E-state index is 11.6. The van der Waals surface area contributed by atoms with Crippen molar-refractivity contribution in [2.75, 3.05) is 0 Å². The van der Waals surface area contributed by atoms with E-state index in [1.165, 1.54) is 13.8 Å². The summed E-state index contributed by atoms with van der Waals surface area (Å²) in [5.41, 5.74) is -2.54. The summed E-state index contributed by atoms with van der Waals surface area (Å²) in [6, 6.07) is 0. The third-order valence-electron chi connectivity index (χ3n) is 2.09. The number of esters is 3. The van der Waals surface area contributed by atoms with Crippen LogP contribution in [0.1, 0.15) is 27.2 Å². The van der Waals surface area contributed by atoms with Gasteiger partial charge in [-0.2, -0.15) is 0 Å². The van der Waals surface area contributed by atoms with Gasteiger partial charge in [-0.1, -0.05) is 6.58 Å². The predicted octanol–water partition coefficient (Wildman–Crippen LogP) is 0.0205. The lowest BCUT2D eigenvalue weighted by molar-refractivity contribution is -0.260. The number of hydrogen-bond acceptors (Lipinski definition) is 7. The topological polar surface area (TPSA) is 99.1 Å². The van der Waals surface area contributed by atoms with E-state index in [9.17, 15) is 19.5 Å². The van der Waals surface area contributed by atoms with Crippen LogP contribution in [0.5, 0.6) is 0 Å². The van der Waals surface area contributed by atoms with Gasteiger partial charge in [0.2, 0.25) is 0 Å². The van der Waals surface area contributed by atoms with Gasteiger partial charge in [0.1, 0.15) is 5.76 Å². The zero-order valence-electron chi connectivity index (χ0n) is 10.3. The second kappa shape index (κ2) is 4.41. The number of ether oxygens (including phenoxy) is 3. The molecule has 0 bridgehead atoms. The van der Waals surface area contributed by atoms with Crippen LogP contribution in [0.2, 0.25) is 0 Å². The number of rotatable bonds is 3. The molecule has 0 spiro atoms. The van der Waals surface area contributed by atoms with Crippen LogP contribution in [0, 0.1) is 0 Å². The van der Waals surface area contributed by atoms with Gasteiger partial charge in [0, 0.05) is 20.8 Å². The molecule has 18 heavy (non-hydrogen) atoms. The first kappa shape index (κ1) is 14.2. The summed E-state index contributed by atoms with van der Waals surface area (Å²) in [6.07, 6.45) is -0.611. The predicted molar refractivity (Wildman–Crippen MR) is 56.7 cm³/mol. The van der Waals surface area contributed by atoms with E-state index in [1.54, 1.807) is 0 Å². The van der Waals surface area contributed by atoms with Gasteiger partial charge in [-0.05, 0) is 0 Å². The Morgan fingerprint density at radius 1 is 1.33 bits per heavy atom.